The predicted molar refractivity (Wildman–Crippen MR) is 140 cm³/mol. The summed E-state index contributed by atoms with van der Waals surface area (Å²) in [6, 6.07) is 23.0. The molecule has 3 aromatic carbocycles. The van der Waals surface area contributed by atoms with Gasteiger partial charge in [-0.2, -0.15) is 0 Å². The van der Waals surface area contributed by atoms with E-state index in [4.69, 9.17) is 21.3 Å². The Bertz CT molecular complexity index is 1410. The lowest BCUT2D eigenvalue weighted by Crippen LogP contribution is -2.25. The van der Waals surface area contributed by atoms with E-state index in [1.807, 2.05) is 91.2 Å². The highest BCUT2D eigenvalue weighted by molar-refractivity contribution is 6.30. The number of ether oxygens (including phenoxy) is 1. The maximum atomic E-state index is 12.6. The number of halogens is 1. The van der Waals surface area contributed by atoms with Crippen LogP contribution in [0.25, 0.3) is 5.69 Å². The first-order valence-corrected chi connectivity index (χ1v) is 12.2. The molecular weight excluding hydrogens is 474 g/mol. The summed E-state index contributed by atoms with van der Waals surface area (Å²) < 4.78 is 8.12. The van der Waals surface area contributed by atoms with Gasteiger partial charge in [-0.05, 0) is 49.7 Å². The average Bonchev–Trinajstić information content (AvgIpc) is 3.21. The van der Waals surface area contributed by atoms with Gasteiger partial charge in [0.05, 0.1) is 17.8 Å². The first kappa shape index (κ1) is 23.8. The number of aliphatic imine (C=N–C) groups is 1. The minimum absolute atomic E-state index is 0.0910. The van der Waals surface area contributed by atoms with Crippen LogP contribution in [0, 0.1) is 6.92 Å². The third kappa shape index (κ3) is 4.88. The van der Waals surface area contributed by atoms with Crippen LogP contribution in [0.4, 0.5) is 0 Å². The van der Waals surface area contributed by atoms with Crippen molar-refractivity contribution >= 4 is 23.2 Å². The van der Waals surface area contributed by atoms with Gasteiger partial charge in [0.1, 0.15) is 24.2 Å². The van der Waals surface area contributed by atoms with Crippen LogP contribution in [-0.2, 0) is 11.4 Å². The van der Waals surface area contributed by atoms with Crippen molar-refractivity contribution in [1.82, 2.24) is 20.1 Å². The van der Waals surface area contributed by atoms with E-state index in [9.17, 15) is 4.79 Å². The van der Waals surface area contributed by atoms with Gasteiger partial charge in [0.25, 0.3) is 0 Å². The number of amides is 1. The van der Waals surface area contributed by atoms with E-state index < -0.39 is 6.04 Å². The molecule has 0 unspecified atom stereocenters. The van der Waals surface area contributed by atoms with Crippen LogP contribution in [0.15, 0.2) is 77.8 Å². The van der Waals surface area contributed by atoms with Gasteiger partial charge in [-0.15, -0.1) is 10.2 Å². The molecule has 7 nitrogen and oxygen atoms in total. The predicted octanol–water partition coefficient (Wildman–Crippen LogP) is 5.23. The Morgan fingerprint density at radius 3 is 2.58 bits per heavy atom. The van der Waals surface area contributed by atoms with Crippen LogP contribution in [0.5, 0.6) is 5.75 Å². The largest absolute Gasteiger partial charge is 0.489 e. The zero-order chi connectivity index (χ0) is 25.1. The van der Waals surface area contributed by atoms with E-state index in [-0.39, 0.29) is 12.3 Å². The minimum atomic E-state index is -0.510. The van der Waals surface area contributed by atoms with Gasteiger partial charge in [0.15, 0.2) is 5.82 Å². The summed E-state index contributed by atoms with van der Waals surface area (Å²) in [4.78, 5) is 17.7. The summed E-state index contributed by atoms with van der Waals surface area (Å²) in [5.41, 5.74) is 4.46. The lowest BCUT2D eigenvalue weighted by molar-refractivity contribution is -0.121. The summed E-state index contributed by atoms with van der Waals surface area (Å²) in [5.74, 6) is 1.97. The second-order valence-electron chi connectivity index (χ2n) is 8.55. The number of hydrogen-bond donors (Lipinski definition) is 1. The molecule has 4 aromatic rings. The fraction of sp³-hybridized carbons (Fsp3) is 0.214. The third-order valence-electron chi connectivity index (χ3n) is 6.02. The van der Waals surface area contributed by atoms with Crippen molar-refractivity contribution in [3.8, 4) is 11.4 Å². The first-order chi connectivity index (χ1) is 17.5. The zero-order valence-electron chi connectivity index (χ0n) is 20.1. The van der Waals surface area contributed by atoms with Gasteiger partial charge in [0, 0.05) is 22.7 Å². The van der Waals surface area contributed by atoms with Crippen molar-refractivity contribution in [1.29, 1.82) is 0 Å². The third-order valence-corrected chi connectivity index (χ3v) is 6.27. The average molecular weight is 500 g/mol. The van der Waals surface area contributed by atoms with Gasteiger partial charge in [-0.25, -0.2) is 0 Å². The molecule has 0 fully saturated rings. The van der Waals surface area contributed by atoms with Crippen LogP contribution in [0.1, 0.15) is 47.7 Å². The molecule has 8 heteroatoms. The Morgan fingerprint density at radius 2 is 1.83 bits per heavy atom. The molecule has 2 heterocycles. The summed E-state index contributed by atoms with van der Waals surface area (Å²) in [5, 5.41) is 12.2. The highest BCUT2D eigenvalue weighted by Gasteiger charge is 2.30. The number of aromatic nitrogens is 3. The van der Waals surface area contributed by atoms with E-state index in [0.29, 0.717) is 29.7 Å². The van der Waals surface area contributed by atoms with Gasteiger partial charge < -0.3 is 10.1 Å². The molecule has 0 saturated carbocycles. The Labute approximate surface area is 214 Å². The molecule has 182 valence electrons. The van der Waals surface area contributed by atoms with Gasteiger partial charge >= 0.3 is 0 Å². The summed E-state index contributed by atoms with van der Waals surface area (Å²) in [7, 11) is 0. The molecule has 1 aliphatic heterocycles. The van der Waals surface area contributed by atoms with E-state index in [2.05, 4.69) is 15.5 Å². The molecule has 0 radical (unpaired) electrons. The Kier molecular flexibility index (Phi) is 6.82. The van der Waals surface area contributed by atoms with Crippen molar-refractivity contribution < 1.29 is 9.53 Å². The Morgan fingerprint density at radius 1 is 1.06 bits per heavy atom. The van der Waals surface area contributed by atoms with Gasteiger partial charge in [0.2, 0.25) is 5.91 Å². The van der Waals surface area contributed by atoms with Crippen molar-refractivity contribution in [2.24, 2.45) is 4.99 Å². The fourth-order valence-electron chi connectivity index (χ4n) is 4.33. The number of nitrogens with zero attached hydrogens (tertiary/aromatic N) is 4. The Hall–Kier alpha value is -3.97. The zero-order valence-corrected chi connectivity index (χ0v) is 20.9. The smallest absolute Gasteiger partial charge is 0.222 e. The second kappa shape index (κ2) is 10.3. The van der Waals surface area contributed by atoms with Crippen LogP contribution >= 0.6 is 11.6 Å². The van der Waals surface area contributed by atoms with Crippen molar-refractivity contribution in [2.45, 2.75) is 32.9 Å². The molecule has 1 N–H and O–H groups in total. The number of aryl methyl sites for hydroxylation is 1. The number of carbonyl (C=O) groups is 1. The van der Waals surface area contributed by atoms with Crippen molar-refractivity contribution in [3.05, 3.63) is 106 Å². The number of fused-ring (bicyclic) bond motifs is 3. The van der Waals surface area contributed by atoms with Crippen molar-refractivity contribution in [2.75, 3.05) is 6.54 Å². The molecule has 1 amide bonds. The van der Waals surface area contributed by atoms with E-state index in [0.717, 1.165) is 33.9 Å². The summed E-state index contributed by atoms with van der Waals surface area (Å²) >= 11 is 6.18. The number of carbonyl (C=O) groups excluding carboxylic acids is 1. The molecule has 1 atom stereocenters. The van der Waals surface area contributed by atoms with E-state index in [1.165, 1.54) is 0 Å². The fourth-order valence-corrected chi connectivity index (χ4v) is 4.45. The molecular formula is C28H26ClN5O2. The standard InChI is InChI=1S/C28H26ClN5O2/c1-3-30-26(35)16-24-28-33-32-18(2)34(28)25-14-13-22(36-17-19-7-5-4-6-8-19)15-23(25)27(31-24)20-9-11-21(29)12-10-20/h4-15,24H,3,16-17H2,1-2H3,(H,30,35)/t24-/m0/s1. The number of nitrogens with one attached hydrogen (secondary N) is 1. The first-order valence-electron chi connectivity index (χ1n) is 11.9. The second-order valence-corrected chi connectivity index (χ2v) is 8.99. The normalized spacial score (nSPS) is 14.3. The molecule has 0 aliphatic carbocycles. The number of rotatable bonds is 7. The lowest BCUT2D eigenvalue weighted by atomic mass is 10.00. The SMILES string of the molecule is CCNC(=O)C[C@@H]1N=C(c2ccc(Cl)cc2)c2cc(OCc3ccccc3)ccc2-n2c(C)nnc21. The van der Waals surface area contributed by atoms with E-state index >= 15 is 0 Å². The summed E-state index contributed by atoms with van der Waals surface area (Å²) in [6.45, 7) is 4.79. The van der Waals surface area contributed by atoms with Crippen LogP contribution in [0.2, 0.25) is 5.02 Å². The molecule has 5 rings (SSSR count). The maximum Gasteiger partial charge on any atom is 0.222 e. The van der Waals surface area contributed by atoms with Gasteiger partial charge in [-0.1, -0.05) is 54.1 Å². The molecule has 0 bridgehead atoms. The molecule has 36 heavy (non-hydrogen) atoms. The highest BCUT2D eigenvalue weighted by atomic mass is 35.5. The maximum absolute atomic E-state index is 12.6. The number of benzene rings is 3. The molecule has 0 saturated heterocycles. The molecule has 1 aliphatic rings. The van der Waals surface area contributed by atoms with E-state index in [1.54, 1.807) is 0 Å². The molecule has 0 spiro atoms. The molecule has 1 aromatic heterocycles. The number of hydrogen-bond acceptors (Lipinski definition) is 5. The topological polar surface area (TPSA) is 81.4 Å². The summed E-state index contributed by atoms with van der Waals surface area (Å²) in [6.07, 6.45) is 0.161. The highest BCUT2D eigenvalue weighted by Crippen LogP contribution is 2.34. The minimum Gasteiger partial charge on any atom is -0.489 e. The van der Waals surface area contributed by atoms with Crippen LogP contribution in [0.3, 0.4) is 0 Å². The quantitative estimate of drug-likeness (QED) is 0.377. The van der Waals surface area contributed by atoms with Gasteiger partial charge in [-0.3, -0.25) is 14.4 Å². The van der Waals surface area contributed by atoms with Crippen molar-refractivity contribution in [3.63, 3.8) is 0 Å². The van der Waals surface area contributed by atoms with Crippen LogP contribution in [-0.4, -0.2) is 32.9 Å². The Balaban J connectivity index is 1.63. The lowest BCUT2D eigenvalue weighted by Gasteiger charge is -2.15. The monoisotopic (exact) mass is 499 g/mol. The van der Waals surface area contributed by atoms with Crippen LogP contribution < -0.4 is 10.1 Å².